The van der Waals surface area contributed by atoms with Crippen LogP contribution in [0.1, 0.15) is 31.9 Å². The van der Waals surface area contributed by atoms with Gasteiger partial charge in [0.05, 0.1) is 20.4 Å². The van der Waals surface area contributed by atoms with E-state index in [0.29, 0.717) is 22.1 Å². The average Bonchev–Trinajstić information content (AvgIpc) is 3.05. The van der Waals surface area contributed by atoms with E-state index in [0.717, 1.165) is 11.1 Å². The van der Waals surface area contributed by atoms with Gasteiger partial charge in [0.15, 0.2) is 17.3 Å². The highest BCUT2D eigenvalue weighted by Crippen LogP contribution is 2.30. The molecule has 0 unspecified atom stereocenters. The Balaban J connectivity index is 1.99. The second kappa shape index (κ2) is 7.98. The number of nitrogens with zero attached hydrogens (tertiary/aromatic N) is 3. The first kappa shape index (κ1) is 19.8. The predicted octanol–water partition coefficient (Wildman–Crippen LogP) is 4.80. The Morgan fingerprint density at radius 3 is 2.39 bits per heavy atom. The van der Waals surface area contributed by atoms with Crippen LogP contribution in [0.2, 0.25) is 0 Å². The van der Waals surface area contributed by atoms with Crippen molar-refractivity contribution >= 4 is 18.4 Å². The number of hydrogen-bond acceptors (Lipinski definition) is 5. The summed E-state index contributed by atoms with van der Waals surface area (Å²) in [5, 5.41) is 11.7. The van der Waals surface area contributed by atoms with Crippen molar-refractivity contribution in [3.8, 4) is 22.9 Å². The molecule has 6 nitrogen and oxygen atoms in total. The van der Waals surface area contributed by atoms with Crippen LogP contribution in [0.5, 0.6) is 11.5 Å². The van der Waals surface area contributed by atoms with E-state index in [1.807, 2.05) is 30.3 Å². The van der Waals surface area contributed by atoms with Crippen LogP contribution in [-0.4, -0.2) is 35.3 Å². The molecule has 3 aromatic rings. The average molecular weight is 397 g/mol. The van der Waals surface area contributed by atoms with Crippen molar-refractivity contribution in [1.29, 1.82) is 0 Å². The molecule has 1 N–H and O–H groups in total. The van der Waals surface area contributed by atoms with Crippen molar-refractivity contribution in [2.45, 2.75) is 26.2 Å². The minimum atomic E-state index is 0.0876. The summed E-state index contributed by atoms with van der Waals surface area (Å²) in [6, 6.07) is 13.9. The summed E-state index contributed by atoms with van der Waals surface area (Å²) in [5.41, 5.74) is 3.04. The van der Waals surface area contributed by atoms with E-state index in [-0.39, 0.29) is 5.41 Å². The molecule has 2 aromatic carbocycles. The van der Waals surface area contributed by atoms with Crippen molar-refractivity contribution in [3.05, 3.63) is 58.4 Å². The molecule has 0 aliphatic heterocycles. The van der Waals surface area contributed by atoms with Gasteiger partial charge in [-0.25, -0.2) is 5.10 Å². The molecular weight excluding hydrogens is 372 g/mol. The number of ether oxygens (including phenoxy) is 2. The number of H-pyrrole nitrogens is 1. The third kappa shape index (κ3) is 3.99. The number of hydrogen-bond donors (Lipinski definition) is 1. The third-order valence-corrected chi connectivity index (χ3v) is 4.67. The zero-order chi connectivity index (χ0) is 20.3. The van der Waals surface area contributed by atoms with Crippen molar-refractivity contribution < 1.29 is 9.47 Å². The molecular formula is C21H24N4O2S. The fourth-order valence-corrected chi connectivity index (χ4v) is 3.02. The van der Waals surface area contributed by atoms with E-state index in [9.17, 15) is 0 Å². The van der Waals surface area contributed by atoms with Gasteiger partial charge in [-0.2, -0.15) is 14.9 Å². The largest absolute Gasteiger partial charge is 0.493 e. The molecule has 0 radical (unpaired) electrons. The summed E-state index contributed by atoms with van der Waals surface area (Å²) >= 11 is 5.36. The standard InChI is InChI=1S/C21H24N4O2S/c1-21(2,3)16-11-9-14(10-12-16)19-23-24-20(28)25(19)22-13-15-7-6-8-17(26-4)18(15)27-5/h6-13H,1-5H3,(H,24,28)/b22-13-. The maximum atomic E-state index is 5.45. The number of rotatable bonds is 5. The third-order valence-electron chi connectivity index (χ3n) is 4.41. The minimum Gasteiger partial charge on any atom is -0.493 e. The molecule has 0 amide bonds. The molecule has 0 saturated heterocycles. The van der Waals surface area contributed by atoms with Crippen LogP contribution >= 0.6 is 12.2 Å². The molecule has 146 valence electrons. The number of aromatic nitrogens is 3. The summed E-state index contributed by atoms with van der Waals surface area (Å²) in [4.78, 5) is 0. The fraction of sp³-hybridized carbons (Fsp3) is 0.286. The highest BCUT2D eigenvalue weighted by molar-refractivity contribution is 7.71. The lowest BCUT2D eigenvalue weighted by Gasteiger charge is -2.18. The molecule has 1 heterocycles. The molecule has 0 fully saturated rings. The van der Waals surface area contributed by atoms with Crippen molar-refractivity contribution in [2.75, 3.05) is 14.2 Å². The van der Waals surface area contributed by atoms with Crippen LogP contribution in [-0.2, 0) is 5.41 Å². The molecule has 0 saturated carbocycles. The highest BCUT2D eigenvalue weighted by Gasteiger charge is 2.15. The summed E-state index contributed by atoms with van der Waals surface area (Å²) < 4.78 is 12.8. The number of methoxy groups -OCH3 is 2. The van der Waals surface area contributed by atoms with E-state index in [4.69, 9.17) is 21.7 Å². The fourth-order valence-electron chi connectivity index (χ4n) is 2.84. The normalized spacial score (nSPS) is 11.8. The lowest BCUT2D eigenvalue weighted by Crippen LogP contribution is -2.10. The topological polar surface area (TPSA) is 64.4 Å². The van der Waals surface area contributed by atoms with Gasteiger partial charge in [-0.1, -0.05) is 51.1 Å². The van der Waals surface area contributed by atoms with Crippen LogP contribution in [0.15, 0.2) is 47.6 Å². The van der Waals surface area contributed by atoms with E-state index < -0.39 is 0 Å². The van der Waals surface area contributed by atoms with E-state index in [1.165, 1.54) is 5.56 Å². The quantitative estimate of drug-likeness (QED) is 0.497. The van der Waals surface area contributed by atoms with Crippen molar-refractivity contribution in [1.82, 2.24) is 14.9 Å². The number of para-hydroxylation sites is 1. The Kier molecular flexibility index (Phi) is 5.65. The van der Waals surface area contributed by atoms with Crippen LogP contribution in [0.3, 0.4) is 0 Å². The number of aromatic amines is 1. The minimum absolute atomic E-state index is 0.0876. The molecule has 0 aliphatic rings. The van der Waals surface area contributed by atoms with Gasteiger partial charge in [-0.05, 0) is 35.3 Å². The second-order valence-corrected chi connectivity index (χ2v) is 7.71. The van der Waals surface area contributed by atoms with Gasteiger partial charge in [-0.3, -0.25) is 0 Å². The van der Waals surface area contributed by atoms with Crippen LogP contribution in [0, 0.1) is 4.77 Å². The van der Waals surface area contributed by atoms with Gasteiger partial charge >= 0.3 is 0 Å². The summed E-state index contributed by atoms with van der Waals surface area (Å²) in [5.74, 6) is 1.89. The van der Waals surface area contributed by atoms with E-state index in [1.54, 1.807) is 25.1 Å². The second-order valence-electron chi connectivity index (χ2n) is 7.32. The molecule has 0 aliphatic carbocycles. The number of benzene rings is 2. The summed E-state index contributed by atoms with van der Waals surface area (Å²) in [6.45, 7) is 6.55. The summed E-state index contributed by atoms with van der Waals surface area (Å²) in [6.07, 6.45) is 1.68. The van der Waals surface area contributed by atoms with E-state index >= 15 is 0 Å². The van der Waals surface area contributed by atoms with Crippen molar-refractivity contribution in [2.24, 2.45) is 5.10 Å². The first-order chi connectivity index (χ1) is 13.3. The Hall–Kier alpha value is -2.93. The van der Waals surface area contributed by atoms with Gasteiger partial charge in [0.25, 0.3) is 0 Å². The van der Waals surface area contributed by atoms with Gasteiger partial charge < -0.3 is 9.47 Å². The lowest BCUT2D eigenvalue weighted by atomic mass is 9.87. The molecule has 3 rings (SSSR count). The maximum Gasteiger partial charge on any atom is 0.216 e. The van der Waals surface area contributed by atoms with Gasteiger partial charge in [0.1, 0.15) is 0 Å². The van der Waals surface area contributed by atoms with Crippen molar-refractivity contribution in [3.63, 3.8) is 0 Å². The first-order valence-electron chi connectivity index (χ1n) is 8.89. The Morgan fingerprint density at radius 2 is 1.79 bits per heavy atom. The Labute approximate surface area is 169 Å². The van der Waals surface area contributed by atoms with Gasteiger partial charge in [0.2, 0.25) is 4.77 Å². The number of nitrogens with one attached hydrogen (secondary N) is 1. The lowest BCUT2D eigenvalue weighted by molar-refractivity contribution is 0.354. The smallest absolute Gasteiger partial charge is 0.216 e. The zero-order valence-electron chi connectivity index (χ0n) is 16.7. The Bertz CT molecular complexity index is 1040. The molecule has 28 heavy (non-hydrogen) atoms. The maximum absolute atomic E-state index is 5.45. The molecule has 0 bridgehead atoms. The molecule has 7 heteroatoms. The van der Waals surface area contributed by atoms with Gasteiger partial charge in [-0.15, -0.1) is 0 Å². The predicted molar refractivity (Wildman–Crippen MR) is 114 cm³/mol. The Morgan fingerprint density at radius 1 is 1.07 bits per heavy atom. The molecule has 1 aromatic heterocycles. The first-order valence-corrected chi connectivity index (χ1v) is 9.29. The van der Waals surface area contributed by atoms with Crippen LogP contribution in [0.25, 0.3) is 11.4 Å². The monoisotopic (exact) mass is 396 g/mol. The van der Waals surface area contributed by atoms with Crippen LogP contribution < -0.4 is 9.47 Å². The van der Waals surface area contributed by atoms with Gasteiger partial charge in [0, 0.05) is 11.1 Å². The SMILES string of the molecule is COc1cccc(/C=N\n2c(-c3ccc(C(C)(C)C)cc3)n[nH]c2=S)c1OC. The highest BCUT2D eigenvalue weighted by atomic mass is 32.1. The molecule has 0 atom stereocenters. The van der Waals surface area contributed by atoms with E-state index in [2.05, 4.69) is 48.2 Å². The zero-order valence-corrected chi connectivity index (χ0v) is 17.5. The molecule has 0 spiro atoms. The van der Waals surface area contributed by atoms with Crippen LogP contribution in [0.4, 0.5) is 0 Å². The summed E-state index contributed by atoms with van der Waals surface area (Å²) in [7, 11) is 3.20.